The molecule has 0 atom stereocenters. The fourth-order valence-corrected chi connectivity index (χ4v) is 6.67. The van der Waals surface area contributed by atoms with Gasteiger partial charge in [-0.05, 0) is 113 Å². The summed E-state index contributed by atoms with van der Waals surface area (Å²) in [6.45, 7) is 2.95. The van der Waals surface area contributed by atoms with Crippen LogP contribution in [0.4, 0.5) is 34.6 Å². The summed E-state index contributed by atoms with van der Waals surface area (Å²) in [6, 6.07) is 35.6. The predicted molar refractivity (Wildman–Crippen MR) is 315 cm³/mol. The molecule has 0 bridgehead atoms. The standard InChI is InChI=1S/C18H16N4O2.C17H14N4O3.C11H9ClN2O.C7H8N2O.C6H6N2O2.Li.H2O/c1-12(23)17-8-5-15(11-19-17)22-18-20-9-14(10-21-18)13-3-6-16(24-2)7-4-13;1-24-14-5-2-11(3-6-14)12-8-19-17(20-9-12)21-13-4-7-15(16(22)23)18-10-13;1-15-10-4-2-8(3-5-10)9-6-13-11(12)14-7-9;1-5(10)7-3-2-6(8)4-9-7;7-4-1-2-5(6(9)10)8-3-4;;/h3-11H,1-2H3,(H,20,21,22);2-10H,1H3,(H,22,23)(H,19,20,21);2-7H,1H3;2-4H,8H2,1H3;1-3H,7H2,(H,9,10);;1H2/q;;;;;+1;/p-1. The molecule has 0 aliphatic carbocycles. The molecule has 0 spiro atoms. The number of carboxylic acids is 2. The molecule has 428 valence electrons. The summed E-state index contributed by atoms with van der Waals surface area (Å²) in [5.41, 5.74) is 19.6. The van der Waals surface area contributed by atoms with Gasteiger partial charge in [-0.1, -0.05) is 36.4 Å². The quantitative estimate of drug-likeness (QED) is 0.0352. The summed E-state index contributed by atoms with van der Waals surface area (Å²) < 4.78 is 15.3. The van der Waals surface area contributed by atoms with E-state index in [0.29, 0.717) is 40.3 Å². The molecule has 10 rings (SSSR count). The number of nitrogens with two attached hydrogens (primary N) is 2. The second-order valence-corrected chi connectivity index (χ2v) is 17.1. The first-order chi connectivity index (χ1) is 40.0. The average Bonchev–Trinajstić information content (AvgIpc) is 3.67. The largest absolute Gasteiger partial charge is 1.00 e. The molecular weight excluding hydrogens is 1110 g/mol. The number of hydrogen-bond acceptors (Lipinski definition) is 22. The number of carbonyl (C=O) groups excluding carboxylic acids is 2. The van der Waals surface area contributed by atoms with Crippen molar-refractivity contribution >= 4 is 69.8 Å². The molecule has 85 heavy (non-hydrogen) atoms. The maximum Gasteiger partial charge on any atom is 1.00 e. The second kappa shape index (κ2) is 33.9. The number of aromatic carboxylic acids is 2. The van der Waals surface area contributed by atoms with Crippen molar-refractivity contribution < 1.29 is 67.9 Å². The van der Waals surface area contributed by atoms with Crippen molar-refractivity contribution in [3.8, 4) is 50.6 Å². The number of benzene rings is 3. The molecule has 10 aromatic rings. The number of anilines is 6. The number of carboxylic acid groups (broad SMARTS) is 2. The van der Waals surface area contributed by atoms with Gasteiger partial charge in [0.2, 0.25) is 17.2 Å². The van der Waals surface area contributed by atoms with Gasteiger partial charge < -0.3 is 52.0 Å². The van der Waals surface area contributed by atoms with Gasteiger partial charge in [-0.2, -0.15) is 0 Å². The fourth-order valence-electron chi connectivity index (χ4n) is 6.57. The van der Waals surface area contributed by atoms with Crippen LogP contribution >= 0.6 is 11.6 Å². The molecule has 0 saturated heterocycles. The van der Waals surface area contributed by atoms with Gasteiger partial charge in [0.1, 0.15) is 40.0 Å². The van der Waals surface area contributed by atoms with Crippen LogP contribution < -0.4 is 55.2 Å². The molecule has 3 aromatic carbocycles. The Balaban J connectivity index is 0.000000237. The second-order valence-electron chi connectivity index (χ2n) is 16.8. The fraction of sp³-hybridized carbons (Fsp3) is 0.0847. The maximum atomic E-state index is 11.2. The van der Waals surface area contributed by atoms with Crippen LogP contribution in [0.1, 0.15) is 55.8 Å². The number of nitrogens with zero attached hydrogens (tertiary/aromatic N) is 10. The molecule has 0 fully saturated rings. The topological polar surface area (TPSA) is 371 Å². The summed E-state index contributed by atoms with van der Waals surface area (Å²) in [5, 5.41) is 23.5. The Morgan fingerprint density at radius 2 is 0.671 bits per heavy atom. The van der Waals surface area contributed by atoms with Gasteiger partial charge in [-0.15, -0.1) is 0 Å². The van der Waals surface area contributed by atoms with Gasteiger partial charge in [0.05, 0.1) is 68.9 Å². The van der Waals surface area contributed by atoms with Crippen LogP contribution in [0, 0.1) is 0 Å². The minimum atomic E-state index is -1.07. The van der Waals surface area contributed by atoms with E-state index in [2.05, 4.69) is 60.5 Å². The Labute approximate surface area is 504 Å². The number of ketones is 2. The Kier molecular flexibility index (Phi) is 26.6. The molecule has 24 nitrogen and oxygen atoms in total. The summed E-state index contributed by atoms with van der Waals surface area (Å²) in [7, 11) is 4.90. The van der Waals surface area contributed by atoms with Gasteiger partial charge in [0, 0.05) is 67.7 Å². The van der Waals surface area contributed by atoms with E-state index in [9.17, 15) is 19.2 Å². The predicted octanol–water partition coefficient (Wildman–Crippen LogP) is 7.34. The zero-order chi connectivity index (χ0) is 59.7. The minimum absolute atomic E-state index is 0. The molecule has 0 aliphatic rings. The van der Waals surface area contributed by atoms with Crippen molar-refractivity contribution in [1.29, 1.82) is 0 Å². The number of ether oxygens (including phenoxy) is 3. The Bertz CT molecular complexity index is 3480. The summed E-state index contributed by atoms with van der Waals surface area (Å²) >= 11 is 5.60. The zero-order valence-corrected chi connectivity index (χ0v) is 47.3. The smallest absolute Gasteiger partial charge is 0.870 e. The number of nitrogens with one attached hydrogen (secondary N) is 2. The third-order valence-corrected chi connectivity index (χ3v) is 11.2. The number of Topliss-reactive ketones (excluding diaryl/α,β-unsaturated/α-hetero) is 2. The van der Waals surface area contributed by atoms with Crippen LogP contribution in [0.25, 0.3) is 33.4 Å². The van der Waals surface area contributed by atoms with Crippen LogP contribution in [0.2, 0.25) is 5.28 Å². The monoisotopic (exact) mass is 1160 g/mol. The van der Waals surface area contributed by atoms with E-state index in [0.717, 1.165) is 56.3 Å². The normalized spacial score (nSPS) is 9.72. The Morgan fingerprint density at radius 3 is 0.929 bits per heavy atom. The molecule has 0 radical (unpaired) electrons. The third kappa shape index (κ3) is 21.6. The molecule has 0 aliphatic heterocycles. The van der Waals surface area contributed by atoms with E-state index < -0.39 is 11.9 Å². The molecule has 0 amide bonds. The van der Waals surface area contributed by atoms with Crippen LogP contribution in [0.15, 0.2) is 183 Å². The van der Waals surface area contributed by atoms with E-state index >= 15 is 0 Å². The third-order valence-electron chi connectivity index (χ3n) is 11.0. The van der Waals surface area contributed by atoms with E-state index in [1.807, 2.05) is 72.8 Å². The van der Waals surface area contributed by atoms with Gasteiger partial charge in [-0.3, -0.25) is 19.6 Å². The number of nitrogen functional groups attached to an aromatic ring is 2. The molecule has 7 aromatic heterocycles. The first-order valence-corrected chi connectivity index (χ1v) is 24.8. The first-order valence-electron chi connectivity index (χ1n) is 24.4. The Hall–Kier alpha value is -10.8. The average molecular weight is 1160 g/mol. The summed E-state index contributed by atoms with van der Waals surface area (Å²) in [5.74, 6) is 1.06. The summed E-state index contributed by atoms with van der Waals surface area (Å²) in [6.07, 6.45) is 16.1. The molecular formula is C59H54ClLiN14O10. The Morgan fingerprint density at radius 1 is 0.388 bits per heavy atom. The van der Waals surface area contributed by atoms with Crippen molar-refractivity contribution in [2.24, 2.45) is 0 Å². The van der Waals surface area contributed by atoms with Crippen LogP contribution in [-0.2, 0) is 0 Å². The molecule has 9 N–H and O–H groups in total. The molecule has 0 unspecified atom stereocenters. The van der Waals surface area contributed by atoms with E-state index in [1.165, 1.54) is 50.6 Å². The number of aromatic nitrogens is 10. The van der Waals surface area contributed by atoms with E-state index in [-0.39, 0.29) is 52.6 Å². The van der Waals surface area contributed by atoms with Gasteiger partial charge in [0.15, 0.2) is 11.6 Å². The number of rotatable bonds is 14. The number of methoxy groups -OCH3 is 3. The van der Waals surface area contributed by atoms with Crippen molar-refractivity contribution in [3.05, 3.63) is 211 Å². The van der Waals surface area contributed by atoms with Gasteiger partial charge in [0.25, 0.3) is 0 Å². The number of carbonyl (C=O) groups is 4. The van der Waals surface area contributed by atoms with Gasteiger partial charge in [-0.25, -0.2) is 49.5 Å². The number of pyridine rings is 4. The SMILES string of the molecule is CC(=O)c1ccc(N)cn1.COc1ccc(-c2cnc(Cl)nc2)cc1.COc1ccc(-c2cnc(Nc3ccc(C(=O)O)nc3)nc2)cc1.COc1ccc(-c2cnc(Nc3ccc(C(C)=O)nc3)nc2)cc1.Nc1ccc(C(=O)O)nc1.[Li+].[OH-]. The number of hydrogen-bond donors (Lipinski definition) is 6. The summed E-state index contributed by atoms with van der Waals surface area (Å²) in [4.78, 5) is 83.1. The molecule has 7 heterocycles. The van der Waals surface area contributed by atoms with Crippen molar-refractivity contribution in [2.45, 2.75) is 13.8 Å². The van der Waals surface area contributed by atoms with E-state index in [1.54, 1.807) is 95.0 Å². The van der Waals surface area contributed by atoms with Crippen LogP contribution in [-0.4, -0.2) is 110 Å². The molecule has 0 saturated carbocycles. The van der Waals surface area contributed by atoms with Crippen molar-refractivity contribution in [3.63, 3.8) is 0 Å². The zero-order valence-electron chi connectivity index (χ0n) is 46.5. The van der Waals surface area contributed by atoms with Crippen molar-refractivity contribution in [2.75, 3.05) is 43.4 Å². The van der Waals surface area contributed by atoms with Crippen molar-refractivity contribution in [1.82, 2.24) is 49.8 Å². The maximum absolute atomic E-state index is 11.2. The first kappa shape index (κ1) is 66.7. The number of halogens is 1. The van der Waals surface area contributed by atoms with Crippen LogP contribution in [0.5, 0.6) is 17.2 Å². The van der Waals surface area contributed by atoms with Crippen LogP contribution in [0.3, 0.4) is 0 Å². The van der Waals surface area contributed by atoms with Gasteiger partial charge >= 0.3 is 30.8 Å². The van der Waals surface area contributed by atoms with E-state index in [4.69, 9.17) is 47.5 Å². The molecule has 26 heteroatoms. The minimum Gasteiger partial charge on any atom is -0.870 e.